The molecule has 0 aliphatic carbocycles. The summed E-state index contributed by atoms with van der Waals surface area (Å²) in [6, 6.07) is 3.66. The van der Waals surface area contributed by atoms with Gasteiger partial charge in [0, 0.05) is 6.42 Å². The number of carbonyl (C=O) groups excluding carboxylic acids is 1. The summed E-state index contributed by atoms with van der Waals surface area (Å²) in [7, 11) is 0. The monoisotopic (exact) mass is 222 g/mol. The van der Waals surface area contributed by atoms with Crippen LogP contribution < -0.4 is 10.6 Å². The fraction of sp³-hybridized carbons (Fsp3) is 0.583. The van der Waals surface area contributed by atoms with Crippen molar-refractivity contribution in [1.82, 2.24) is 10.6 Å². The first kappa shape index (κ1) is 11.2. The topological polar surface area (TPSA) is 54.3 Å². The average molecular weight is 222 g/mol. The van der Waals surface area contributed by atoms with Gasteiger partial charge in [-0.1, -0.05) is 0 Å². The van der Waals surface area contributed by atoms with Crippen LogP contribution in [0.25, 0.3) is 0 Å². The standard InChI is InChI=1S/C12H18N2O2/c1-9(11-3-2-6-16-11)14-12(15)7-10-4-5-13-8-10/h2-3,6,9-10,13H,4-5,7-8H2,1H3,(H,14,15). The molecule has 2 rings (SSSR count). The van der Waals surface area contributed by atoms with Crippen molar-refractivity contribution in [3.05, 3.63) is 24.2 Å². The lowest BCUT2D eigenvalue weighted by Crippen LogP contribution is -2.28. The second-order valence-electron chi connectivity index (χ2n) is 4.37. The van der Waals surface area contributed by atoms with Crippen LogP contribution >= 0.6 is 0 Å². The van der Waals surface area contributed by atoms with E-state index in [1.165, 1.54) is 0 Å². The Morgan fingerprint density at radius 2 is 2.62 bits per heavy atom. The molecule has 0 radical (unpaired) electrons. The van der Waals surface area contributed by atoms with Gasteiger partial charge in [0.05, 0.1) is 12.3 Å². The molecule has 1 aromatic heterocycles. The first-order valence-corrected chi connectivity index (χ1v) is 5.79. The summed E-state index contributed by atoms with van der Waals surface area (Å²) in [6.45, 7) is 3.93. The number of amides is 1. The first-order chi connectivity index (χ1) is 7.75. The van der Waals surface area contributed by atoms with E-state index in [4.69, 9.17) is 4.42 Å². The van der Waals surface area contributed by atoms with Crippen molar-refractivity contribution in [3.63, 3.8) is 0 Å². The maximum atomic E-state index is 11.7. The van der Waals surface area contributed by atoms with Crippen molar-refractivity contribution in [3.8, 4) is 0 Å². The van der Waals surface area contributed by atoms with Gasteiger partial charge in [-0.15, -0.1) is 0 Å². The highest BCUT2D eigenvalue weighted by Crippen LogP contribution is 2.15. The Labute approximate surface area is 95.4 Å². The quantitative estimate of drug-likeness (QED) is 0.811. The number of hydrogen-bond donors (Lipinski definition) is 2. The molecule has 2 heterocycles. The number of furan rings is 1. The molecule has 1 fully saturated rings. The SMILES string of the molecule is CC(NC(=O)CC1CCNC1)c1ccco1. The van der Waals surface area contributed by atoms with Crippen LogP contribution in [0.15, 0.2) is 22.8 Å². The van der Waals surface area contributed by atoms with Crippen LogP contribution in [0.3, 0.4) is 0 Å². The van der Waals surface area contributed by atoms with Gasteiger partial charge >= 0.3 is 0 Å². The van der Waals surface area contributed by atoms with Crippen LogP contribution in [-0.2, 0) is 4.79 Å². The van der Waals surface area contributed by atoms with E-state index in [1.807, 2.05) is 19.1 Å². The van der Waals surface area contributed by atoms with Gasteiger partial charge in [-0.2, -0.15) is 0 Å². The lowest BCUT2D eigenvalue weighted by molar-refractivity contribution is -0.122. The third-order valence-electron chi connectivity index (χ3n) is 2.98. The Balaban J connectivity index is 1.78. The zero-order valence-electron chi connectivity index (χ0n) is 9.53. The van der Waals surface area contributed by atoms with Crippen LogP contribution in [-0.4, -0.2) is 19.0 Å². The summed E-state index contributed by atoms with van der Waals surface area (Å²) in [5, 5.41) is 6.21. The highest BCUT2D eigenvalue weighted by molar-refractivity contribution is 5.76. The van der Waals surface area contributed by atoms with Crippen molar-refractivity contribution < 1.29 is 9.21 Å². The number of hydrogen-bond acceptors (Lipinski definition) is 3. The van der Waals surface area contributed by atoms with Crippen LogP contribution in [0, 0.1) is 5.92 Å². The molecule has 1 saturated heterocycles. The lowest BCUT2D eigenvalue weighted by atomic mass is 10.0. The van der Waals surface area contributed by atoms with Gasteiger partial charge in [0.2, 0.25) is 5.91 Å². The van der Waals surface area contributed by atoms with Gasteiger partial charge in [0.25, 0.3) is 0 Å². The molecule has 4 nitrogen and oxygen atoms in total. The third-order valence-corrected chi connectivity index (χ3v) is 2.98. The van der Waals surface area contributed by atoms with E-state index in [1.54, 1.807) is 6.26 Å². The van der Waals surface area contributed by atoms with Crippen molar-refractivity contribution in [1.29, 1.82) is 0 Å². The molecule has 0 bridgehead atoms. The minimum Gasteiger partial charge on any atom is -0.467 e. The normalized spacial score (nSPS) is 21.9. The minimum atomic E-state index is -0.0446. The van der Waals surface area contributed by atoms with Crippen LogP contribution in [0.2, 0.25) is 0 Å². The lowest BCUT2D eigenvalue weighted by Gasteiger charge is -2.13. The van der Waals surface area contributed by atoms with Crippen LogP contribution in [0.4, 0.5) is 0 Å². The molecule has 2 unspecified atom stereocenters. The van der Waals surface area contributed by atoms with E-state index in [2.05, 4.69) is 10.6 Å². The molecule has 1 aliphatic rings. The zero-order valence-corrected chi connectivity index (χ0v) is 9.53. The molecule has 0 saturated carbocycles. The molecule has 1 aliphatic heterocycles. The number of rotatable bonds is 4. The fourth-order valence-electron chi connectivity index (χ4n) is 2.06. The number of carbonyl (C=O) groups is 1. The molecule has 0 aromatic carbocycles. The second-order valence-corrected chi connectivity index (χ2v) is 4.37. The zero-order chi connectivity index (χ0) is 11.4. The Morgan fingerprint density at radius 3 is 3.25 bits per heavy atom. The summed E-state index contributed by atoms with van der Waals surface area (Å²) in [6.07, 6.45) is 3.33. The summed E-state index contributed by atoms with van der Waals surface area (Å²) in [5.74, 6) is 1.40. The highest BCUT2D eigenvalue weighted by atomic mass is 16.3. The van der Waals surface area contributed by atoms with E-state index >= 15 is 0 Å². The van der Waals surface area contributed by atoms with E-state index < -0.39 is 0 Å². The van der Waals surface area contributed by atoms with Crippen molar-refractivity contribution in [2.24, 2.45) is 5.92 Å². The maximum absolute atomic E-state index is 11.7. The molecule has 1 aromatic rings. The molecule has 4 heteroatoms. The summed E-state index contributed by atoms with van der Waals surface area (Å²) in [4.78, 5) is 11.7. The largest absolute Gasteiger partial charge is 0.467 e. The molecule has 2 N–H and O–H groups in total. The molecular weight excluding hydrogens is 204 g/mol. The molecule has 0 spiro atoms. The smallest absolute Gasteiger partial charge is 0.220 e. The van der Waals surface area contributed by atoms with Crippen LogP contribution in [0.1, 0.15) is 31.6 Å². The maximum Gasteiger partial charge on any atom is 0.220 e. The minimum absolute atomic E-state index is 0.0446. The predicted molar refractivity (Wildman–Crippen MR) is 60.9 cm³/mol. The third kappa shape index (κ3) is 2.85. The van der Waals surface area contributed by atoms with Gasteiger partial charge in [-0.3, -0.25) is 4.79 Å². The summed E-state index contributed by atoms with van der Waals surface area (Å²) >= 11 is 0. The summed E-state index contributed by atoms with van der Waals surface area (Å²) in [5.41, 5.74) is 0. The van der Waals surface area contributed by atoms with Crippen molar-refractivity contribution in [2.75, 3.05) is 13.1 Å². The van der Waals surface area contributed by atoms with E-state index in [0.29, 0.717) is 12.3 Å². The highest BCUT2D eigenvalue weighted by Gasteiger charge is 2.19. The van der Waals surface area contributed by atoms with Gasteiger partial charge < -0.3 is 15.1 Å². The Hall–Kier alpha value is -1.29. The molecule has 16 heavy (non-hydrogen) atoms. The molecule has 2 atom stereocenters. The molecule has 1 amide bonds. The summed E-state index contributed by atoms with van der Waals surface area (Å²) < 4.78 is 5.24. The van der Waals surface area contributed by atoms with E-state index in [-0.39, 0.29) is 11.9 Å². The van der Waals surface area contributed by atoms with Crippen molar-refractivity contribution in [2.45, 2.75) is 25.8 Å². The Morgan fingerprint density at radius 1 is 1.75 bits per heavy atom. The second kappa shape index (κ2) is 5.16. The van der Waals surface area contributed by atoms with Gasteiger partial charge in [-0.25, -0.2) is 0 Å². The fourth-order valence-corrected chi connectivity index (χ4v) is 2.06. The van der Waals surface area contributed by atoms with Gasteiger partial charge in [0.15, 0.2) is 0 Å². The average Bonchev–Trinajstić information content (AvgIpc) is 2.88. The first-order valence-electron chi connectivity index (χ1n) is 5.79. The van der Waals surface area contributed by atoms with Crippen LogP contribution in [0.5, 0.6) is 0 Å². The number of nitrogens with one attached hydrogen (secondary N) is 2. The Bertz CT molecular complexity index is 329. The van der Waals surface area contributed by atoms with E-state index in [9.17, 15) is 4.79 Å². The molecule has 88 valence electrons. The van der Waals surface area contributed by atoms with E-state index in [0.717, 1.165) is 25.3 Å². The Kier molecular flexibility index (Phi) is 3.62. The van der Waals surface area contributed by atoms with Gasteiger partial charge in [-0.05, 0) is 44.5 Å². The molecular formula is C12H18N2O2. The van der Waals surface area contributed by atoms with Gasteiger partial charge in [0.1, 0.15) is 5.76 Å². The van der Waals surface area contributed by atoms with Crippen molar-refractivity contribution >= 4 is 5.91 Å². The predicted octanol–water partition coefficient (Wildman–Crippen LogP) is 1.46.